The van der Waals surface area contributed by atoms with Crippen molar-refractivity contribution in [2.24, 2.45) is 0 Å². The molecule has 2 aliphatic heterocycles. The Kier molecular flexibility index (Phi) is 5.89. The summed E-state index contributed by atoms with van der Waals surface area (Å²) in [4.78, 5) is 2.63. The molecule has 268 valence electrons. The summed E-state index contributed by atoms with van der Waals surface area (Å²) in [6, 6.07) is 62.3. The number of hydrogen-bond acceptors (Lipinski definition) is 1. The Morgan fingerprint density at radius 2 is 1.05 bits per heavy atom. The lowest BCUT2D eigenvalue weighted by molar-refractivity contribution is 0.660. The van der Waals surface area contributed by atoms with E-state index in [1.54, 1.807) is 0 Å². The third-order valence-electron chi connectivity index (χ3n) is 14.2. The van der Waals surface area contributed by atoms with Gasteiger partial charge in [-0.25, -0.2) is 0 Å². The largest absolute Gasteiger partial charge is 0.376 e. The first kappa shape index (κ1) is 31.6. The molecule has 2 nitrogen and oxygen atoms in total. The SMILES string of the molecule is CC1(C)c2ccccc2-c2cc(-c3cc4c5c6c3c3ccccc3n6-c3cc6c(cc3B5N(c3ccccc3)c3ccccc3-4)C(C)(C)c3ccccc3-6)ccc21. The van der Waals surface area contributed by atoms with Crippen molar-refractivity contribution in [1.29, 1.82) is 0 Å². The first-order valence-corrected chi connectivity index (χ1v) is 20.4. The van der Waals surface area contributed by atoms with E-state index in [1.807, 2.05) is 0 Å². The molecular formula is C54H39BN2. The molecule has 9 aromatic rings. The Bertz CT molecular complexity index is 3260. The standard InChI is InChI=1S/C54H39BN2/c1-53(2)42-22-12-8-18-34(42)39-28-32(26-27-44(39)53)38-29-41-36-20-10-15-25-48(36)57(33-16-6-5-7-17-33)55-46-31-45-40(35-19-9-13-23-43(35)54(45,3)4)30-49(46)56-47-24-14-11-21-37(47)50(38)52(56)51(41)55/h5-31H,1-4H3. The van der Waals surface area contributed by atoms with Crippen LogP contribution in [0.4, 0.5) is 11.4 Å². The summed E-state index contributed by atoms with van der Waals surface area (Å²) in [7, 11) is 0. The molecule has 1 aromatic heterocycles. The van der Waals surface area contributed by atoms with E-state index in [-0.39, 0.29) is 17.7 Å². The van der Waals surface area contributed by atoms with Crippen LogP contribution < -0.4 is 15.7 Å². The van der Waals surface area contributed by atoms with Gasteiger partial charge in [0.05, 0.1) is 11.0 Å². The first-order valence-electron chi connectivity index (χ1n) is 20.4. The Hall–Kier alpha value is -6.58. The Morgan fingerprint density at radius 3 is 1.82 bits per heavy atom. The van der Waals surface area contributed by atoms with Crippen molar-refractivity contribution in [3.8, 4) is 50.2 Å². The molecule has 13 rings (SSSR count). The Morgan fingerprint density at radius 1 is 0.439 bits per heavy atom. The molecule has 0 atom stereocenters. The number of hydrogen-bond donors (Lipinski definition) is 0. The van der Waals surface area contributed by atoms with Gasteiger partial charge in [-0.05, 0) is 115 Å². The number of fused-ring (bicyclic) bond motifs is 14. The topological polar surface area (TPSA) is 8.17 Å². The van der Waals surface area contributed by atoms with Gasteiger partial charge in [-0.2, -0.15) is 0 Å². The lowest BCUT2D eigenvalue weighted by Gasteiger charge is -2.42. The molecule has 0 bridgehead atoms. The maximum Gasteiger partial charge on any atom is 0.333 e. The van der Waals surface area contributed by atoms with Gasteiger partial charge in [-0.15, -0.1) is 0 Å². The van der Waals surface area contributed by atoms with Gasteiger partial charge in [-0.3, -0.25) is 0 Å². The van der Waals surface area contributed by atoms with Crippen LogP contribution in [0.2, 0.25) is 0 Å². The summed E-state index contributed by atoms with van der Waals surface area (Å²) in [6.45, 7) is 9.53. The van der Waals surface area contributed by atoms with Crippen molar-refractivity contribution < 1.29 is 0 Å². The summed E-state index contributed by atoms with van der Waals surface area (Å²) in [6.07, 6.45) is 0. The minimum atomic E-state index is -0.118. The zero-order valence-corrected chi connectivity index (χ0v) is 32.6. The van der Waals surface area contributed by atoms with Crippen LogP contribution in [0.5, 0.6) is 0 Å². The molecule has 0 saturated heterocycles. The maximum absolute atomic E-state index is 2.63. The van der Waals surface area contributed by atoms with Crippen molar-refractivity contribution in [3.05, 3.63) is 186 Å². The number of benzene rings is 8. The number of para-hydroxylation sites is 3. The van der Waals surface area contributed by atoms with Crippen LogP contribution in [-0.4, -0.2) is 11.4 Å². The summed E-state index contributed by atoms with van der Waals surface area (Å²) >= 11 is 0. The third kappa shape index (κ3) is 3.83. The van der Waals surface area contributed by atoms with Crippen molar-refractivity contribution in [1.82, 2.24) is 4.57 Å². The van der Waals surface area contributed by atoms with E-state index in [2.05, 4.69) is 201 Å². The second-order valence-electron chi connectivity index (χ2n) is 17.6. The Balaban J connectivity index is 1.20. The van der Waals surface area contributed by atoms with Crippen molar-refractivity contribution in [3.63, 3.8) is 0 Å². The molecular weight excluding hydrogens is 687 g/mol. The molecule has 0 N–H and O–H groups in total. The summed E-state index contributed by atoms with van der Waals surface area (Å²) in [5.41, 5.74) is 25.1. The smallest absolute Gasteiger partial charge is 0.333 e. The van der Waals surface area contributed by atoms with Gasteiger partial charge in [0.2, 0.25) is 0 Å². The molecule has 8 aromatic carbocycles. The molecule has 0 radical (unpaired) electrons. The van der Waals surface area contributed by atoms with Crippen LogP contribution in [0.15, 0.2) is 164 Å². The third-order valence-corrected chi connectivity index (χ3v) is 14.2. The molecule has 2 aliphatic carbocycles. The highest BCUT2D eigenvalue weighted by atomic mass is 15.1. The molecule has 0 saturated carbocycles. The van der Waals surface area contributed by atoms with Gasteiger partial charge >= 0.3 is 6.85 Å². The van der Waals surface area contributed by atoms with E-state index in [4.69, 9.17) is 0 Å². The molecule has 0 spiro atoms. The van der Waals surface area contributed by atoms with E-state index in [1.165, 1.54) is 117 Å². The lowest BCUT2D eigenvalue weighted by Crippen LogP contribution is -2.60. The van der Waals surface area contributed by atoms with Crippen molar-refractivity contribution >= 4 is 51.0 Å². The van der Waals surface area contributed by atoms with Crippen LogP contribution >= 0.6 is 0 Å². The van der Waals surface area contributed by atoms with Crippen molar-refractivity contribution in [2.45, 2.75) is 38.5 Å². The number of anilines is 2. The predicted octanol–water partition coefficient (Wildman–Crippen LogP) is 12.3. The van der Waals surface area contributed by atoms with Crippen LogP contribution in [0, 0.1) is 0 Å². The molecule has 0 unspecified atom stereocenters. The van der Waals surface area contributed by atoms with Crippen LogP contribution in [0.3, 0.4) is 0 Å². The minimum Gasteiger partial charge on any atom is -0.376 e. The lowest BCUT2D eigenvalue weighted by atomic mass is 9.43. The van der Waals surface area contributed by atoms with Gasteiger partial charge in [0.25, 0.3) is 0 Å². The maximum atomic E-state index is 2.63. The average molecular weight is 727 g/mol. The molecule has 3 heteroatoms. The fourth-order valence-electron chi connectivity index (χ4n) is 11.6. The quantitative estimate of drug-likeness (QED) is 0.161. The number of aromatic nitrogens is 1. The zero-order valence-electron chi connectivity index (χ0n) is 32.6. The molecule has 3 heterocycles. The monoisotopic (exact) mass is 726 g/mol. The fraction of sp³-hybridized carbons (Fsp3) is 0.111. The molecule has 4 aliphatic rings. The van der Waals surface area contributed by atoms with E-state index in [0.29, 0.717) is 0 Å². The predicted molar refractivity (Wildman–Crippen MR) is 240 cm³/mol. The minimum absolute atomic E-state index is 0.0295. The van der Waals surface area contributed by atoms with E-state index in [0.717, 1.165) is 0 Å². The van der Waals surface area contributed by atoms with Gasteiger partial charge < -0.3 is 9.38 Å². The highest BCUT2D eigenvalue weighted by Gasteiger charge is 2.47. The first-order chi connectivity index (χ1) is 27.8. The van der Waals surface area contributed by atoms with Crippen LogP contribution in [0.1, 0.15) is 49.9 Å². The van der Waals surface area contributed by atoms with Gasteiger partial charge in [0, 0.05) is 44.2 Å². The van der Waals surface area contributed by atoms with E-state index < -0.39 is 0 Å². The van der Waals surface area contributed by atoms with Gasteiger partial charge in [0.1, 0.15) is 0 Å². The molecule has 0 fully saturated rings. The van der Waals surface area contributed by atoms with Crippen molar-refractivity contribution in [2.75, 3.05) is 4.81 Å². The molecule has 0 amide bonds. The summed E-state index contributed by atoms with van der Waals surface area (Å²) in [5.74, 6) is 0. The second-order valence-corrected chi connectivity index (χ2v) is 17.6. The normalized spacial score (nSPS) is 15.6. The molecule has 57 heavy (non-hydrogen) atoms. The highest BCUT2D eigenvalue weighted by Crippen LogP contribution is 2.54. The Labute approximate surface area is 333 Å². The van der Waals surface area contributed by atoms with Gasteiger partial charge in [0.15, 0.2) is 0 Å². The average Bonchev–Trinajstić information content (AvgIpc) is 3.80. The van der Waals surface area contributed by atoms with Gasteiger partial charge in [-0.1, -0.05) is 149 Å². The summed E-state index contributed by atoms with van der Waals surface area (Å²) in [5, 5.41) is 2.63. The summed E-state index contributed by atoms with van der Waals surface area (Å²) < 4.78 is 2.63. The fourth-order valence-corrected chi connectivity index (χ4v) is 11.6. The van der Waals surface area contributed by atoms with E-state index in [9.17, 15) is 0 Å². The number of rotatable bonds is 2. The second kappa shape index (κ2) is 10.6. The van der Waals surface area contributed by atoms with Crippen LogP contribution in [-0.2, 0) is 10.8 Å². The number of nitrogens with zero attached hydrogens (tertiary/aromatic N) is 2. The highest BCUT2D eigenvalue weighted by molar-refractivity contribution is 6.93. The van der Waals surface area contributed by atoms with Crippen LogP contribution in [0.25, 0.3) is 72.0 Å². The van der Waals surface area contributed by atoms with E-state index >= 15 is 0 Å². The zero-order chi connectivity index (χ0) is 37.9.